The zero-order chi connectivity index (χ0) is 24.9. The summed E-state index contributed by atoms with van der Waals surface area (Å²) in [6.07, 6.45) is 3.32. The molecule has 3 rings (SSSR count). The average molecular weight is 487 g/mol. The lowest BCUT2D eigenvalue weighted by atomic mass is 9.95. The van der Waals surface area contributed by atoms with E-state index in [4.69, 9.17) is 0 Å². The Labute approximate surface area is 202 Å². The molecule has 1 aliphatic heterocycles. The van der Waals surface area contributed by atoms with Crippen LogP contribution < -0.4 is 10.0 Å². The quantitative estimate of drug-likeness (QED) is 0.595. The number of nitrogens with zero attached hydrogens (tertiary/aromatic N) is 2. The van der Waals surface area contributed by atoms with E-state index in [1.807, 2.05) is 33.8 Å². The van der Waals surface area contributed by atoms with Crippen LogP contribution >= 0.6 is 0 Å². The average Bonchev–Trinajstić information content (AvgIpc) is 2.79. The zero-order valence-corrected chi connectivity index (χ0v) is 21.1. The molecule has 1 aromatic heterocycles. The highest BCUT2D eigenvalue weighted by molar-refractivity contribution is 7.89. The van der Waals surface area contributed by atoms with Crippen molar-refractivity contribution < 1.29 is 18.0 Å². The van der Waals surface area contributed by atoms with E-state index >= 15 is 0 Å². The van der Waals surface area contributed by atoms with Crippen LogP contribution in [0, 0.1) is 25.7 Å². The number of aromatic nitrogens is 1. The van der Waals surface area contributed by atoms with E-state index < -0.39 is 16.1 Å². The van der Waals surface area contributed by atoms with Crippen molar-refractivity contribution in [3.8, 4) is 0 Å². The number of carbonyl (C=O) groups is 2. The smallest absolute Gasteiger partial charge is 0.241 e. The third-order valence-electron chi connectivity index (χ3n) is 5.99. The minimum atomic E-state index is -3.87. The minimum Gasteiger partial charge on any atom is -0.341 e. The van der Waals surface area contributed by atoms with Crippen LogP contribution in [-0.2, 0) is 19.6 Å². The number of amides is 2. The van der Waals surface area contributed by atoms with Gasteiger partial charge in [0, 0.05) is 19.3 Å². The molecule has 0 radical (unpaired) electrons. The topological polar surface area (TPSA) is 108 Å². The lowest BCUT2D eigenvalue weighted by molar-refractivity contribution is -0.136. The van der Waals surface area contributed by atoms with Crippen LogP contribution in [0.2, 0.25) is 0 Å². The number of hydrogen-bond donors (Lipinski definition) is 2. The summed E-state index contributed by atoms with van der Waals surface area (Å²) in [5.74, 6) is -0.242. The fraction of sp³-hybridized carbons (Fsp3) is 0.480. The zero-order valence-electron chi connectivity index (χ0n) is 20.2. The summed E-state index contributed by atoms with van der Waals surface area (Å²) in [6, 6.07) is 9.31. The standard InChI is InChI=1S/C25H34N4O4S/c1-17(2)15-22(28-34(32,33)21-11-9-18(3)10-12-21)25(31)29-14-6-8-20(16-29)24(30)27-23-19(4)7-5-13-26-23/h5,7,9-13,17,20,22,28H,6,8,14-16H2,1-4H3,(H,26,27,30). The van der Waals surface area contributed by atoms with Crippen molar-refractivity contribution in [2.75, 3.05) is 18.4 Å². The molecule has 1 aliphatic rings. The number of benzene rings is 1. The number of pyridine rings is 1. The Hall–Kier alpha value is -2.78. The second kappa shape index (κ2) is 11.1. The molecule has 1 aromatic carbocycles. The number of rotatable bonds is 8. The second-order valence-electron chi connectivity index (χ2n) is 9.40. The molecule has 2 aromatic rings. The van der Waals surface area contributed by atoms with Gasteiger partial charge in [-0.2, -0.15) is 4.72 Å². The predicted molar refractivity (Wildman–Crippen MR) is 132 cm³/mol. The molecule has 0 spiro atoms. The minimum absolute atomic E-state index is 0.102. The van der Waals surface area contributed by atoms with Crippen LogP contribution in [0.15, 0.2) is 47.5 Å². The lowest BCUT2D eigenvalue weighted by Gasteiger charge is -2.35. The molecule has 34 heavy (non-hydrogen) atoms. The van der Waals surface area contributed by atoms with Gasteiger partial charge in [-0.25, -0.2) is 13.4 Å². The summed E-state index contributed by atoms with van der Waals surface area (Å²) in [6.45, 7) is 8.39. The van der Waals surface area contributed by atoms with Crippen LogP contribution in [0.1, 0.15) is 44.2 Å². The van der Waals surface area contributed by atoms with Crippen molar-refractivity contribution in [3.05, 3.63) is 53.7 Å². The summed E-state index contributed by atoms with van der Waals surface area (Å²) in [4.78, 5) is 32.3. The number of sulfonamides is 1. The van der Waals surface area contributed by atoms with Gasteiger partial charge in [0.1, 0.15) is 11.9 Å². The van der Waals surface area contributed by atoms with Crippen LogP contribution in [0.3, 0.4) is 0 Å². The van der Waals surface area contributed by atoms with E-state index in [0.717, 1.165) is 11.1 Å². The second-order valence-corrected chi connectivity index (χ2v) is 11.1. The van der Waals surface area contributed by atoms with E-state index in [1.165, 1.54) is 12.1 Å². The van der Waals surface area contributed by atoms with Gasteiger partial charge in [-0.15, -0.1) is 0 Å². The molecular weight excluding hydrogens is 452 g/mol. The van der Waals surface area contributed by atoms with E-state index in [-0.39, 0.29) is 35.1 Å². The van der Waals surface area contributed by atoms with Crippen LogP contribution in [-0.4, -0.2) is 49.2 Å². The molecule has 184 valence electrons. The maximum Gasteiger partial charge on any atom is 0.241 e. The summed E-state index contributed by atoms with van der Waals surface area (Å²) < 4.78 is 28.6. The first kappa shape index (κ1) is 25.8. The van der Waals surface area contributed by atoms with Crippen molar-refractivity contribution in [3.63, 3.8) is 0 Å². The van der Waals surface area contributed by atoms with Crippen LogP contribution in [0.4, 0.5) is 5.82 Å². The van der Waals surface area contributed by atoms with Crippen molar-refractivity contribution >= 4 is 27.7 Å². The largest absolute Gasteiger partial charge is 0.341 e. The molecule has 1 saturated heterocycles. The monoisotopic (exact) mass is 486 g/mol. The predicted octanol–water partition coefficient (Wildman–Crippen LogP) is 3.27. The molecule has 2 unspecified atom stereocenters. The molecule has 2 heterocycles. The van der Waals surface area contributed by atoms with Crippen molar-refractivity contribution in [2.45, 2.75) is 57.9 Å². The van der Waals surface area contributed by atoms with E-state index in [1.54, 1.807) is 29.3 Å². The highest BCUT2D eigenvalue weighted by Crippen LogP contribution is 2.22. The third kappa shape index (κ3) is 6.64. The Morgan fingerprint density at radius 2 is 1.85 bits per heavy atom. The van der Waals surface area contributed by atoms with E-state index in [9.17, 15) is 18.0 Å². The summed E-state index contributed by atoms with van der Waals surface area (Å²) in [5.41, 5.74) is 1.81. The molecule has 1 fully saturated rings. The Morgan fingerprint density at radius 1 is 1.15 bits per heavy atom. The SMILES string of the molecule is Cc1ccc(S(=O)(=O)NC(CC(C)C)C(=O)N2CCCC(C(=O)Nc3ncccc3C)C2)cc1. The molecule has 0 saturated carbocycles. The molecule has 8 nitrogen and oxygen atoms in total. The first-order valence-electron chi connectivity index (χ1n) is 11.7. The van der Waals surface area contributed by atoms with Crippen molar-refractivity contribution in [1.29, 1.82) is 0 Å². The van der Waals surface area contributed by atoms with E-state index in [2.05, 4.69) is 15.0 Å². The van der Waals surface area contributed by atoms with Gasteiger partial charge < -0.3 is 10.2 Å². The van der Waals surface area contributed by atoms with Gasteiger partial charge >= 0.3 is 0 Å². The van der Waals surface area contributed by atoms with Gasteiger partial charge in [0.2, 0.25) is 21.8 Å². The number of piperidine rings is 1. The summed E-state index contributed by atoms with van der Waals surface area (Å²) in [7, 11) is -3.87. The number of carbonyl (C=O) groups excluding carboxylic acids is 2. The maximum atomic E-state index is 13.4. The highest BCUT2D eigenvalue weighted by atomic mass is 32.2. The van der Waals surface area contributed by atoms with Crippen molar-refractivity contribution in [1.82, 2.24) is 14.6 Å². The molecule has 0 bridgehead atoms. The molecule has 2 atom stereocenters. The molecule has 2 N–H and O–H groups in total. The summed E-state index contributed by atoms with van der Waals surface area (Å²) in [5, 5.41) is 2.87. The van der Waals surface area contributed by atoms with Crippen molar-refractivity contribution in [2.24, 2.45) is 11.8 Å². The van der Waals surface area contributed by atoms with Gasteiger partial charge in [-0.3, -0.25) is 9.59 Å². The number of anilines is 1. The third-order valence-corrected chi connectivity index (χ3v) is 7.48. The fourth-order valence-electron chi connectivity index (χ4n) is 4.09. The fourth-order valence-corrected chi connectivity index (χ4v) is 5.29. The summed E-state index contributed by atoms with van der Waals surface area (Å²) >= 11 is 0. The molecule has 2 amide bonds. The van der Waals surface area contributed by atoms with Gasteiger partial charge in [-0.05, 0) is 62.8 Å². The molecule has 0 aliphatic carbocycles. The number of likely N-dealkylation sites (tertiary alicyclic amines) is 1. The molecular formula is C25H34N4O4S. The van der Waals surface area contributed by atoms with Gasteiger partial charge in [-0.1, -0.05) is 37.6 Å². The Balaban J connectivity index is 1.72. The van der Waals surface area contributed by atoms with Crippen LogP contribution in [0.5, 0.6) is 0 Å². The highest BCUT2D eigenvalue weighted by Gasteiger charge is 2.34. The first-order valence-corrected chi connectivity index (χ1v) is 13.2. The Morgan fingerprint density at radius 3 is 2.50 bits per heavy atom. The Bertz CT molecular complexity index is 1120. The number of aryl methyl sites for hydroxylation is 2. The Kier molecular flexibility index (Phi) is 8.43. The molecule has 9 heteroatoms. The van der Waals surface area contributed by atoms with E-state index in [0.29, 0.717) is 31.6 Å². The van der Waals surface area contributed by atoms with Crippen LogP contribution in [0.25, 0.3) is 0 Å². The van der Waals surface area contributed by atoms with Gasteiger partial charge in [0.15, 0.2) is 0 Å². The van der Waals surface area contributed by atoms with Gasteiger partial charge in [0.25, 0.3) is 0 Å². The van der Waals surface area contributed by atoms with Gasteiger partial charge in [0.05, 0.1) is 10.8 Å². The maximum absolute atomic E-state index is 13.4. The lowest BCUT2D eigenvalue weighted by Crippen LogP contribution is -2.52. The number of hydrogen-bond acceptors (Lipinski definition) is 5. The normalized spacial score (nSPS) is 17.4. The first-order chi connectivity index (χ1) is 16.1. The number of nitrogens with one attached hydrogen (secondary N) is 2.